The Hall–Kier alpha value is -2.21. The number of amides is 3. The Kier molecular flexibility index (Phi) is 7.61. The lowest BCUT2D eigenvalue weighted by molar-refractivity contribution is -0.139. The van der Waals surface area contributed by atoms with Crippen molar-refractivity contribution in [3.05, 3.63) is 18.2 Å². The van der Waals surface area contributed by atoms with Crippen LogP contribution in [0.5, 0.6) is 0 Å². The largest absolute Gasteiger partial charge is 0.395 e. The minimum absolute atomic E-state index is 0.0303. The predicted octanol–water partition coefficient (Wildman–Crippen LogP) is 1.46. The highest BCUT2D eigenvalue weighted by atomic mass is 32.2. The van der Waals surface area contributed by atoms with E-state index in [1.54, 1.807) is 11.0 Å². The van der Waals surface area contributed by atoms with Gasteiger partial charge < -0.3 is 25.4 Å². The monoisotopic (exact) mass is 478 g/mol. The van der Waals surface area contributed by atoms with E-state index in [2.05, 4.69) is 15.6 Å². The molecule has 11 heteroatoms. The van der Waals surface area contributed by atoms with Gasteiger partial charge in [-0.3, -0.25) is 14.4 Å². The fraction of sp³-hybridized carbons (Fsp3) is 0.524. The lowest BCUT2D eigenvalue weighted by Gasteiger charge is -2.30. The average Bonchev–Trinajstić information content (AvgIpc) is 3.43. The van der Waals surface area contributed by atoms with Crippen LogP contribution in [0.2, 0.25) is 0 Å². The molecule has 9 nitrogen and oxygen atoms in total. The van der Waals surface area contributed by atoms with Crippen LogP contribution >= 0.6 is 23.1 Å². The first kappa shape index (κ1) is 23.0. The second-order valence-corrected chi connectivity index (χ2v) is 10.1. The third kappa shape index (κ3) is 5.77. The molecule has 0 radical (unpaired) electrons. The number of nitrogens with one attached hydrogen (secondary N) is 2. The summed E-state index contributed by atoms with van der Waals surface area (Å²) in [6, 6.07) is 5.61. The van der Waals surface area contributed by atoms with Crippen molar-refractivity contribution in [3.8, 4) is 0 Å². The molecule has 3 heterocycles. The molecular formula is C21H26N4O5S2. The first-order valence-electron chi connectivity index (χ1n) is 10.6. The van der Waals surface area contributed by atoms with Crippen molar-refractivity contribution in [1.29, 1.82) is 0 Å². The van der Waals surface area contributed by atoms with Crippen molar-refractivity contribution in [2.75, 3.05) is 44.0 Å². The van der Waals surface area contributed by atoms with Gasteiger partial charge >= 0.3 is 0 Å². The highest BCUT2D eigenvalue weighted by molar-refractivity contribution is 8.01. The van der Waals surface area contributed by atoms with E-state index in [9.17, 15) is 14.4 Å². The minimum atomic E-state index is -0.371. The molecule has 1 unspecified atom stereocenters. The first-order chi connectivity index (χ1) is 15.5. The fourth-order valence-corrected chi connectivity index (χ4v) is 5.71. The number of hydrogen-bond donors (Lipinski definition) is 3. The summed E-state index contributed by atoms with van der Waals surface area (Å²) in [6.45, 7) is 1.98. The Labute approximate surface area is 193 Å². The third-order valence-corrected chi connectivity index (χ3v) is 7.68. The normalized spacial score (nSPS) is 21.2. The number of carbonyl (C=O) groups excluding carboxylic acids is 3. The topological polar surface area (TPSA) is 121 Å². The van der Waals surface area contributed by atoms with Gasteiger partial charge in [0.2, 0.25) is 17.7 Å². The lowest BCUT2D eigenvalue weighted by atomic mass is 9.95. The number of fused-ring (bicyclic) bond motifs is 1. The molecule has 2 aliphatic heterocycles. The van der Waals surface area contributed by atoms with Crippen molar-refractivity contribution >= 4 is 56.7 Å². The maximum Gasteiger partial charge on any atom is 0.230 e. The van der Waals surface area contributed by atoms with E-state index >= 15 is 0 Å². The average molecular weight is 479 g/mol. The smallest absolute Gasteiger partial charge is 0.230 e. The molecule has 172 valence electrons. The zero-order chi connectivity index (χ0) is 22.5. The van der Waals surface area contributed by atoms with E-state index in [-0.39, 0.29) is 42.7 Å². The van der Waals surface area contributed by atoms with E-state index in [0.717, 1.165) is 21.0 Å². The van der Waals surface area contributed by atoms with E-state index in [4.69, 9.17) is 9.84 Å². The van der Waals surface area contributed by atoms with Gasteiger partial charge in [0, 0.05) is 37.7 Å². The summed E-state index contributed by atoms with van der Waals surface area (Å²) >= 11 is 2.87. The molecule has 2 aliphatic rings. The second-order valence-electron chi connectivity index (χ2n) is 7.86. The number of thiazole rings is 1. The van der Waals surface area contributed by atoms with Crippen molar-refractivity contribution in [1.82, 2.24) is 15.2 Å². The molecular weight excluding hydrogens is 452 g/mol. The summed E-state index contributed by atoms with van der Waals surface area (Å²) in [7, 11) is 0. The number of hydrogen-bond acceptors (Lipinski definition) is 8. The molecule has 0 saturated carbocycles. The Morgan fingerprint density at radius 3 is 2.97 bits per heavy atom. The van der Waals surface area contributed by atoms with Crippen molar-refractivity contribution in [2.45, 2.75) is 29.6 Å². The van der Waals surface area contributed by atoms with Gasteiger partial charge in [-0.05, 0) is 31.0 Å². The second kappa shape index (κ2) is 10.6. The maximum atomic E-state index is 12.6. The number of aliphatic hydroxyl groups excluding tert-OH is 1. The number of thioether (sulfide) groups is 1. The third-order valence-electron chi connectivity index (χ3n) is 5.52. The van der Waals surface area contributed by atoms with Crippen LogP contribution in [-0.2, 0) is 19.1 Å². The SMILES string of the molecule is O=C(CSc1nc2ccc(NC(=O)C3CCN(CCO)C(=O)C3)cc2s1)N[C@@H]1CCOC1. The molecule has 2 aromatic rings. The number of likely N-dealkylation sites (tertiary alicyclic amines) is 1. The Morgan fingerprint density at radius 2 is 2.22 bits per heavy atom. The molecule has 3 amide bonds. The summed E-state index contributed by atoms with van der Waals surface area (Å²) in [5.74, 6) is -0.382. The molecule has 0 spiro atoms. The van der Waals surface area contributed by atoms with E-state index in [1.165, 1.54) is 23.1 Å². The quantitative estimate of drug-likeness (QED) is 0.491. The highest BCUT2D eigenvalue weighted by Gasteiger charge is 2.30. The maximum absolute atomic E-state index is 12.6. The van der Waals surface area contributed by atoms with Crippen molar-refractivity contribution < 1.29 is 24.2 Å². The molecule has 0 aliphatic carbocycles. The molecule has 32 heavy (non-hydrogen) atoms. The van der Waals surface area contributed by atoms with Crippen LogP contribution in [0.25, 0.3) is 10.2 Å². The van der Waals surface area contributed by atoms with Gasteiger partial charge in [-0.15, -0.1) is 11.3 Å². The summed E-state index contributed by atoms with van der Waals surface area (Å²) < 4.78 is 6.98. The van der Waals surface area contributed by atoms with Crippen LogP contribution in [0.3, 0.4) is 0 Å². The van der Waals surface area contributed by atoms with Gasteiger partial charge in [-0.2, -0.15) is 0 Å². The summed E-state index contributed by atoms with van der Waals surface area (Å²) in [5, 5.41) is 14.9. The van der Waals surface area contributed by atoms with Gasteiger partial charge in [0.1, 0.15) is 0 Å². The fourth-order valence-electron chi connectivity index (χ4n) is 3.79. The number of β-amino-alcohol motifs (C(OH)–C–C–N with tert-alkyl or cyclic N) is 1. The van der Waals surface area contributed by atoms with Crippen molar-refractivity contribution in [2.24, 2.45) is 5.92 Å². The molecule has 0 bridgehead atoms. The number of piperidine rings is 1. The summed E-state index contributed by atoms with van der Waals surface area (Å²) in [4.78, 5) is 43.0. The first-order valence-corrected chi connectivity index (χ1v) is 12.4. The predicted molar refractivity (Wildman–Crippen MR) is 123 cm³/mol. The molecule has 2 saturated heterocycles. The molecule has 2 fully saturated rings. The van der Waals surface area contributed by atoms with E-state index in [1.807, 2.05) is 12.1 Å². The van der Waals surface area contributed by atoms with E-state index < -0.39 is 0 Å². The number of carbonyl (C=O) groups is 3. The number of nitrogens with zero attached hydrogens (tertiary/aromatic N) is 2. The highest BCUT2D eigenvalue weighted by Crippen LogP contribution is 2.31. The minimum Gasteiger partial charge on any atom is -0.395 e. The van der Waals surface area contributed by atoms with Crippen LogP contribution in [-0.4, -0.2) is 77.4 Å². The van der Waals surface area contributed by atoms with Crippen LogP contribution in [0, 0.1) is 5.92 Å². The van der Waals surface area contributed by atoms with Gasteiger partial charge in [0.25, 0.3) is 0 Å². The van der Waals surface area contributed by atoms with Gasteiger partial charge in [-0.25, -0.2) is 4.98 Å². The van der Waals surface area contributed by atoms with Crippen LogP contribution < -0.4 is 10.6 Å². The van der Waals surface area contributed by atoms with Crippen molar-refractivity contribution in [3.63, 3.8) is 0 Å². The zero-order valence-electron chi connectivity index (χ0n) is 17.5. The Balaban J connectivity index is 1.31. The molecule has 3 N–H and O–H groups in total. The number of anilines is 1. The Bertz CT molecular complexity index is 992. The zero-order valence-corrected chi connectivity index (χ0v) is 19.2. The number of ether oxygens (including phenoxy) is 1. The number of benzene rings is 1. The molecule has 1 aromatic carbocycles. The molecule has 1 aromatic heterocycles. The number of aromatic nitrogens is 1. The van der Waals surface area contributed by atoms with Crippen LogP contribution in [0.15, 0.2) is 22.5 Å². The van der Waals surface area contributed by atoms with E-state index in [0.29, 0.717) is 44.2 Å². The van der Waals surface area contributed by atoms with Crippen LogP contribution in [0.1, 0.15) is 19.3 Å². The Morgan fingerprint density at radius 1 is 1.34 bits per heavy atom. The standard InChI is InChI=1S/C21H26N4O5S2/c26-7-6-25-5-3-13(9-19(25)28)20(29)23-14-1-2-16-17(10-14)32-21(24-16)31-12-18(27)22-15-4-8-30-11-15/h1-2,10,13,15,26H,3-9,11-12H2,(H,22,27)(H,23,29)/t13?,15-/m1/s1. The summed E-state index contributed by atoms with van der Waals surface area (Å²) in [6.07, 6.45) is 1.59. The number of rotatable bonds is 8. The lowest BCUT2D eigenvalue weighted by Crippen LogP contribution is -2.43. The van der Waals surface area contributed by atoms with Gasteiger partial charge in [-0.1, -0.05) is 11.8 Å². The molecule has 2 atom stereocenters. The number of aliphatic hydroxyl groups is 1. The van der Waals surface area contributed by atoms with Crippen LogP contribution in [0.4, 0.5) is 5.69 Å². The van der Waals surface area contributed by atoms with Gasteiger partial charge in [0.15, 0.2) is 4.34 Å². The summed E-state index contributed by atoms with van der Waals surface area (Å²) in [5.41, 5.74) is 1.47. The molecule has 4 rings (SSSR count). The van der Waals surface area contributed by atoms with Gasteiger partial charge in [0.05, 0.1) is 35.2 Å².